The third kappa shape index (κ3) is 4.00. The molecule has 0 aromatic heterocycles. The normalized spacial score (nSPS) is 11.3. The highest BCUT2D eigenvalue weighted by atomic mass is 32.1. The van der Waals surface area contributed by atoms with Crippen LogP contribution in [0.15, 0.2) is 24.3 Å². The molecule has 0 aliphatic rings. The van der Waals surface area contributed by atoms with Crippen LogP contribution >= 0.6 is 12.6 Å². The minimum absolute atomic E-state index is 0.209. The van der Waals surface area contributed by atoms with Crippen molar-refractivity contribution in [2.75, 3.05) is 17.7 Å². The van der Waals surface area contributed by atoms with Crippen molar-refractivity contribution in [3.63, 3.8) is 0 Å². The highest BCUT2D eigenvalue weighted by Crippen LogP contribution is 2.15. The number of amides is 2. The summed E-state index contributed by atoms with van der Waals surface area (Å²) in [6.45, 7) is 1.35. The number of likely N-dealkylation sites (N-methyl/N-ethyl adjacent to an activating group) is 1. The van der Waals surface area contributed by atoms with Gasteiger partial charge in [0.2, 0.25) is 11.8 Å². The Kier molecular flexibility index (Phi) is 5.39. The third-order valence-corrected chi connectivity index (χ3v) is 2.92. The molecule has 0 bridgehead atoms. The first-order chi connectivity index (χ1) is 8.99. The molecule has 0 radical (unpaired) electrons. The predicted molar refractivity (Wildman–Crippen MR) is 76.0 cm³/mol. The van der Waals surface area contributed by atoms with Gasteiger partial charge in [0.25, 0.3) is 0 Å². The quantitative estimate of drug-likeness (QED) is 0.805. The topological polar surface area (TPSA) is 73.2 Å². The van der Waals surface area contributed by atoms with Gasteiger partial charge in [0.15, 0.2) is 0 Å². The Bertz CT molecular complexity index is 525. The fourth-order valence-electron chi connectivity index (χ4n) is 1.58. The summed E-state index contributed by atoms with van der Waals surface area (Å²) >= 11 is 4.06. The van der Waals surface area contributed by atoms with E-state index in [0.29, 0.717) is 11.3 Å². The number of thiol groups is 1. The predicted octanol–water partition coefficient (Wildman–Crippen LogP) is 0.956. The monoisotopic (exact) mass is 277 g/mol. The van der Waals surface area contributed by atoms with E-state index in [-0.39, 0.29) is 17.6 Å². The number of hydrogen-bond donors (Lipinski definition) is 2. The molecule has 1 atom stereocenters. The first-order valence-electron chi connectivity index (χ1n) is 5.65. The summed E-state index contributed by atoms with van der Waals surface area (Å²) in [5, 5.41) is 11.4. The lowest BCUT2D eigenvalue weighted by molar-refractivity contribution is -0.125. The molecule has 0 aliphatic heterocycles. The number of nitrogens with zero attached hydrogens (tertiary/aromatic N) is 2. The van der Waals surface area contributed by atoms with Gasteiger partial charge >= 0.3 is 0 Å². The molecule has 19 heavy (non-hydrogen) atoms. The van der Waals surface area contributed by atoms with E-state index in [0.717, 1.165) is 0 Å². The molecule has 0 saturated carbocycles. The van der Waals surface area contributed by atoms with Crippen LogP contribution in [0.1, 0.15) is 12.5 Å². The highest BCUT2D eigenvalue weighted by molar-refractivity contribution is 7.80. The molecule has 0 saturated heterocycles. The third-order valence-electron chi connectivity index (χ3n) is 2.55. The van der Waals surface area contributed by atoms with E-state index >= 15 is 0 Å². The van der Waals surface area contributed by atoms with Crippen LogP contribution in [0.4, 0.5) is 5.69 Å². The van der Waals surface area contributed by atoms with Gasteiger partial charge in [-0.3, -0.25) is 9.59 Å². The van der Waals surface area contributed by atoms with Crippen molar-refractivity contribution in [3.8, 4) is 6.07 Å². The average molecular weight is 277 g/mol. The molecule has 1 N–H and O–H groups in total. The molecule has 5 nitrogen and oxygen atoms in total. The summed E-state index contributed by atoms with van der Waals surface area (Å²) in [5.41, 5.74) is 1.07. The lowest BCUT2D eigenvalue weighted by atomic mass is 10.2. The Balaban J connectivity index is 2.91. The molecule has 6 heteroatoms. The van der Waals surface area contributed by atoms with E-state index in [9.17, 15) is 9.59 Å². The lowest BCUT2D eigenvalue weighted by Crippen LogP contribution is -2.48. The molecule has 1 rings (SSSR count). The first-order valence-corrected chi connectivity index (χ1v) is 6.28. The fourth-order valence-corrected chi connectivity index (χ4v) is 1.82. The van der Waals surface area contributed by atoms with Crippen LogP contribution < -0.4 is 10.2 Å². The van der Waals surface area contributed by atoms with Crippen molar-refractivity contribution in [2.24, 2.45) is 0 Å². The summed E-state index contributed by atoms with van der Waals surface area (Å²) in [7, 11) is 1.59. The van der Waals surface area contributed by atoms with Gasteiger partial charge in [-0.1, -0.05) is 6.07 Å². The molecule has 1 aromatic carbocycles. The van der Waals surface area contributed by atoms with Crippen molar-refractivity contribution >= 4 is 30.1 Å². The molecular formula is C13H15N3O2S. The Hall–Kier alpha value is -2.00. The van der Waals surface area contributed by atoms with Gasteiger partial charge in [0, 0.05) is 25.4 Å². The minimum Gasteiger partial charge on any atom is -0.344 e. The summed E-state index contributed by atoms with van der Waals surface area (Å²) in [5.74, 6) is -0.354. The van der Waals surface area contributed by atoms with Crippen molar-refractivity contribution in [2.45, 2.75) is 13.0 Å². The maximum Gasteiger partial charge on any atom is 0.250 e. The van der Waals surface area contributed by atoms with E-state index in [2.05, 4.69) is 17.9 Å². The van der Waals surface area contributed by atoms with Gasteiger partial charge in [0.1, 0.15) is 6.04 Å². The minimum atomic E-state index is -0.684. The number of anilines is 1. The smallest absolute Gasteiger partial charge is 0.250 e. The fraction of sp³-hybridized carbons (Fsp3) is 0.308. The molecule has 0 heterocycles. The average Bonchev–Trinajstić information content (AvgIpc) is 2.43. The van der Waals surface area contributed by atoms with E-state index < -0.39 is 6.04 Å². The van der Waals surface area contributed by atoms with E-state index in [1.807, 2.05) is 6.07 Å². The van der Waals surface area contributed by atoms with Crippen molar-refractivity contribution in [1.29, 1.82) is 5.26 Å². The second-order valence-electron chi connectivity index (χ2n) is 4.00. The van der Waals surface area contributed by atoms with Gasteiger partial charge < -0.3 is 10.2 Å². The SMILES string of the molecule is CC(=O)NC(CS)C(=O)N(C)c1cccc(C#N)c1. The number of rotatable bonds is 4. The van der Waals surface area contributed by atoms with E-state index in [1.165, 1.54) is 11.8 Å². The van der Waals surface area contributed by atoms with Crippen LogP contribution in [0.2, 0.25) is 0 Å². The van der Waals surface area contributed by atoms with Crippen LogP contribution in [0, 0.1) is 11.3 Å². The van der Waals surface area contributed by atoms with E-state index in [4.69, 9.17) is 5.26 Å². The molecule has 1 unspecified atom stereocenters. The second-order valence-corrected chi connectivity index (χ2v) is 4.36. The first kappa shape index (κ1) is 15.1. The summed E-state index contributed by atoms with van der Waals surface area (Å²) in [6.07, 6.45) is 0. The number of nitrogens with one attached hydrogen (secondary N) is 1. The molecule has 100 valence electrons. The maximum absolute atomic E-state index is 12.2. The van der Waals surface area contributed by atoms with Gasteiger partial charge in [0.05, 0.1) is 11.6 Å². The molecule has 2 amide bonds. The summed E-state index contributed by atoms with van der Waals surface area (Å²) in [6, 6.07) is 8.03. The Morgan fingerprint density at radius 2 is 2.21 bits per heavy atom. The van der Waals surface area contributed by atoms with Crippen molar-refractivity contribution in [1.82, 2.24) is 5.32 Å². The Labute approximate surface area is 117 Å². The van der Waals surface area contributed by atoms with Crippen LogP contribution in [0.5, 0.6) is 0 Å². The van der Waals surface area contributed by atoms with Crippen molar-refractivity contribution < 1.29 is 9.59 Å². The highest BCUT2D eigenvalue weighted by Gasteiger charge is 2.22. The van der Waals surface area contributed by atoms with Gasteiger partial charge in [-0.2, -0.15) is 17.9 Å². The zero-order chi connectivity index (χ0) is 14.4. The van der Waals surface area contributed by atoms with Gasteiger partial charge in [-0.05, 0) is 18.2 Å². The maximum atomic E-state index is 12.2. The lowest BCUT2D eigenvalue weighted by Gasteiger charge is -2.23. The molecule has 1 aromatic rings. The Morgan fingerprint density at radius 1 is 1.53 bits per heavy atom. The number of carbonyl (C=O) groups excluding carboxylic acids is 2. The van der Waals surface area contributed by atoms with Crippen LogP contribution in [0.3, 0.4) is 0 Å². The van der Waals surface area contributed by atoms with Gasteiger partial charge in [-0.25, -0.2) is 0 Å². The van der Waals surface area contributed by atoms with E-state index in [1.54, 1.807) is 31.3 Å². The molecular weight excluding hydrogens is 262 g/mol. The van der Waals surface area contributed by atoms with Crippen LogP contribution in [0.25, 0.3) is 0 Å². The summed E-state index contributed by atoms with van der Waals surface area (Å²) < 4.78 is 0. The molecule has 0 fully saturated rings. The van der Waals surface area contributed by atoms with Crippen molar-refractivity contribution in [3.05, 3.63) is 29.8 Å². The largest absolute Gasteiger partial charge is 0.344 e. The number of nitriles is 1. The zero-order valence-corrected chi connectivity index (χ0v) is 11.6. The molecule has 0 spiro atoms. The summed E-state index contributed by atoms with van der Waals surface area (Å²) in [4.78, 5) is 24.6. The van der Waals surface area contributed by atoms with Crippen LogP contribution in [-0.2, 0) is 9.59 Å². The zero-order valence-electron chi connectivity index (χ0n) is 10.8. The number of benzene rings is 1. The second kappa shape index (κ2) is 6.81. The Morgan fingerprint density at radius 3 is 2.74 bits per heavy atom. The number of carbonyl (C=O) groups is 2. The van der Waals surface area contributed by atoms with Crippen LogP contribution in [-0.4, -0.2) is 30.7 Å². The van der Waals surface area contributed by atoms with Gasteiger partial charge in [-0.15, -0.1) is 0 Å². The molecule has 0 aliphatic carbocycles. The standard InChI is InChI=1S/C13H15N3O2S/c1-9(17)15-12(8-19)13(18)16(2)11-5-3-4-10(6-11)7-14/h3-6,12,19H,8H2,1-2H3,(H,15,17). The number of hydrogen-bond acceptors (Lipinski definition) is 4.